The van der Waals surface area contributed by atoms with Crippen LogP contribution in [-0.4, -0.2) is 21.3 Å². The highest BCUT2D eigenvalue weighted by Crippen LogP contribution is 2.36. The van der Waals surface area contributed by atoms with Crippen LogP contribution >= 0.6 is 0 Å². The lowest BCUT2D eigenvalue weighted by Crippen LogP contribution is -2.22. The second-order valence-corrected chi connectivity index (χ2v) is 5.26. The van der Waals surface area contributed by atoms with Crippen LogP contribution in [0.1, 0.15) is 24.4 Å². The topological polar surface area (TPSA) is 47.1 Å². The molecule has 0 spiro atoms. The summed E-state index contributed by atoms with van der Waals surface area (Å²) in [4.78, 5) is 6.86. The van der Waals surface area contributed by atoms with E-state index >= 15 is 0 Å². The molecule has 3 heterocycles. The maximum atomic E-state index is 5.90. The van der Waals surface area contributed by atoms with Crippen molar-refractivity contribution in [2.45, 2.75) is 18.9 Å². The predicted octanol–water partition coefficient (Wildman–Crippen LogP) is 2.90. The first kappa shape index (κ1) is 11.5. The number of oxazole rings is 1. The number of hydrogen-bond acceptors (Lipinski definition) is 4. The predicted molar refractivity (Wildman–Crippen MR) is 76.5 cm³/mol. The van der Waals surface area contributed by atoms with Crippen LogP contribution in [0.25, 0.3) is 11.1 Å². The SMILES string of the molecule is Cn1cc([C@H]2CCCN2c2nc3ccccc3o2)cn1. The second-order valence-electron chi connectivity index (χ2n) is 5.26. The minimum absolute atomic E-state index is 0.316. The van der Waals surface area contributed by atoms with Gasteiger partial charge in [-0.2, -0.15) is 10.1 Å². The molecule has 102 valence electrons. The van der Waals surface area contributed by atoms with Gasteiger partial charge in [0, 0.05) is 25.4 Å². The minimum atomic E-state index is 0.316. The molecule has 1 atom stereocenters. The fraction of sp³-hybridized carbons (Fsp3) is 0.333. The van der Waals surface area contributed by atoms with Gasteiger partial charge in [0.1, 0.15) is 5.52 Å². The van der Waals surface area contributed by atoms with Crippen molar-refractivity contribution in [2.75, 3.05) is 11.4 Å². The summed E-state index contributed by atoms with van der Waals surface area (Å²) in [5.74, 6) is 0. The van der Waals surface area contributed by atoms with Crippen molar-refractivity contribution in [1.29, 1.82) is 0 Å². The number of benzene rings is 1. The van der Waals surface area contributed by atoms with Gasteiger partial charge in [0.15, 0.2) is 5.58 Å². The molecule has 0 aliphatic carbocycles. The number of rotatable bonds is 2. The van der Waals surface area contributed by atoms with Crippen molar-refractivity contribution in [3.63, 3.8) is 0 Å². The molecule has 1 saturated heterocycles. The molecule has 3 aromatic rings. The Morgan fingerprint density at radius 1 is 1.30 bits per heavy atom. The molecule has 1 fully saturated rings. The van der Waals surface area contributed by atoms with Gasteiger partial charge in [-0.05, 0) is 25.0 Å². The first-order chi connectivity index (χ1) is 9.81. The molecular formula is C15H16N4O. The first-order valence-electron chi connectivity index (χ1n) is 6.92. The number of hydrogen-bond donors (Lipinski definition) is 0. The Bertz CT molecular complexity index is 712. The molecule has 1 aromatic carbocycles. The minimum Gasteiger partial charge on any atom is -0.423 e. The maximum absolute atomic E-state index is 5.90. The molecule has 2 aromatic heterocycles. The molecule has 1 aliphatic heterocycles. The van der Waals surface area contributed by atoms with Gasteiger partial charge in [-0.3, -0.25) is 4.68 Å². The van der Waals surface area contributed by atoms with Crippen molar-refractivity contribution in [3.8, 4) is 0 Å². The van der Waals surface area contributed by atoms with E-state index in [0.717, 1.165) is 36.5 Å². The number of aryl methyl sites for hydroxylation is 1. The van der Waals surface area contributed by atoms with Gasteiger partial charge in [0.2, 0.25) is 0 Å². The molecule has 4 rings (SSSR count). The van der Waals surface area contributed by atoms with Gasteiger partial charge in [0.05, 0.1) is 12.2 Å². The summed E-state index contributed by atoms with van der Waals surface area (Å²) in [5.41, 5.74) is 2.99. The lowest BCUT2D eigenvalue weighted by molar-refractivity contribution is 0.557. The highest BCUT2D eigenvalue weighted by Gasteiger charge is 2.30. The summed E-state index contributed by atoms with van der Waals surface area (Å²) in [6, 6.07) is 8.93. The van der Waals surface area contributed by atoms with E-state index in [1.807, 2.05) is 42.2 Å². The molecule has 0 amide bonds. The van der Waals surface area contributed by atoms with Gasteiger partial charge in [-0.1, -0.05) is 12.1 Å². The van der Waals surface area contributed by atoms with Crippen LogP contribution in [0.15, 0.2) is 41.1 Å². The quantitative estimate of drug-likeness (QED) is 0.717. The molecule has 0 radical (unpaired) electrons. The number of para-hydroxylation sites is 2. The molecule has 0 unspecified atom stereocenters. The van der Waals surface area contributed by atoms with E-state index in [2.05, 4.69) is 21.2 Å². The Hall–Kier alpha value is -2.30. The highest BCUT2D eigenvalue weighted by atomic mass is 16.4. The van der Waals surface area contributed by atoms with E-state index < -0.39 is 0 Å². The van der Waals surface area contributed by atoms with Crippen molar-refractivity contribution in [3.05, 3.63) is 42.2 Å². The van der Waals surface area contributed by atoms with Crippen molar-refractivity contribution >= 4 is 17.1 Å². The Morgan fingerprint density at radius 3 is 3.00 bits per heavy atom. The summed E-state index contributed by atoms with van der Waals surface area (Å²) in [5, 5.41) is 4.27. The Labute approximate surface area is 116 Å². The van der Waals surface area contributed by atoms with Crippen molar-refractivity contribution in [1.82, 2.24) is 14.8 Å². The van der Waals surface area contributed by atoms with E-state index in [1.165, 1.54) is 5.56 Å². The van der Waals surface area contributed by atoms with Gasteiger partial charge in [-0.15, -0.1) is 0 Å². The number of anilines is 1. The Morgan fingerprint density at radius 2 is 2.20 bits per heavy atom. The molecule has 0 bridgehead atoms. The first-order valence-corrected chi connectivity index (χ1v) is 6.92. The zero-order valence-corrected chi connectivity index (χ0v) is 11.4. The fourth-order valence-corrected chi connectivity index (χ4v) is 2.94. The number of nitrogens with zero attached hydrogens (tertiary/aromatic N) is 4. The van der Waals surface area contributed by atoms with E-state index in [9.17, 15) is 0 Å². The van der Waals surface area contributed by atoms with E-state index in [-0.39, 0.29) is 0 Å². The molecule has 0 N–H and O–H groups in total. The Kier molecular flexibility index (Phi) is 2.52. The molecule has 5 nitrogen and oxygen atoms in total. The molecule has 5 heteroatoms. The summed E-state index contributed by atoms with van der Waals surface area (Å²) < 4.78 is 7.74. The van der Waals surface area contributed by atoms with Crippen molar-refractivity contribution < 1.29 is 4.42 Å². The highest BCUT2D eigenvalue weighted by molar-refractivity contribution is 5.74. The number of aromatic nitrogens is 3. The van der Waals surface area contributed by atoms with E-state index in [0.29, 0.717) is 6.04 Å². The number of fused-ring (bicyclic) bond motifs is 1. The van der Waals surface area contributed by atoms with Crippen LogP contribution in [0, 0.1) is 0 Å². The summed E-state index contributed by atoms with van der Waals surface area (Å²) in [6.07, 6.45) is 6.28. The van der Waals surface area contributed by atoms with Crippen LogP contribution in [0.3, 0.4) is 0 Å². The largest absolute Gasteiger partial charge is 0.423 e. The summed E-state index contributed by atoms with van der Waals surface area (Å²) in [6.45, 7) is 0.979. The van der Waals surface area contributed by atoms with Gasteiger partial charge < -0.3 is 9.32 Å². The third-order valence-electron chi connectivity index (χ3n) is 3.89. The average Bonchev–Trinajstić information content (AvgIpc) is 3.15. The molecule has 20 heavy (non-hydrogen) atoms. The van der Waals surface area contributed by atoms with Gasteiger partial charge in [0.25, 0.3) is 6.01 Å². The van der Waals surface area contributed by atoms with Gasteiger partial charge in [-0.25, -0.2) is 0 Å². The second kappa shape index (κ2) is 4.37. The zero-order chi connectivity index (χ0) is 13.5. The third-order valence-corrected chi connectivity index (χ3v) is 3.89. The summed E-state index contributed by atoms with van der Waals surface area (Å²) >= 11 is 0. The monoisotopic (exact) mass is 268 g/mol. The lowest BCUT2D eigenvalue weighted by Gasteiger charge is -2.21. The Balaban J connectivity index is 1.72. The van der Waals surface area contributed by atoms with Crippen LogP contribution in [0.5, 0.6) is 0 Å². The smallest absolute Gasteiger partial charge is 0.298 e. The maximum Gasteiger partial charge on any atom is 0.298 e. The average molecular weight is 268 g/mol. The van der Waals surface area contributed by atoms with Crippen LogP contribution < -0.4 is 4.90 Å². The zero-order valence-electron chi connectivity index (χ0n) is 11.4. The van der Waals surface area contributed by atoms with E-state index in [4.69, 9.17) is 4.42 Å². The molecular weight excluding hydrogens is 252 g/mol. The van der Waals surface area contributed by atoms with Crippen molar-refractivity contribution in [2.24, 2.45) is 7.05 Å². The fourth-order valence-electron chi connectivity index (χ4n) is 2.94. The van der Waals surface area contributed by atoms with Crippen LogP contribution in [0.2, 0.25) is 0 Å². The standard InChI is InChI=1S/C15H16N4O/c1-18-10-11(9-16-18)13-6-4-8-19(13)15-17-12-5-2-3-7-14(12)20-15/h2-3,5,7,9-10,13H,4,6,8H2,1H3/t13-/m1/s1. The normalized spacial score (nSPS) is 19.1. The lowest BCUT2D eigenvalue weighted by atomic mass is 10.1. The molecule has 1 aliphatic rings. The molecule has 0 saturated carbocycles. The van der Waals surface area contributed by atoms with Crippen LogP contribution in [-0.2, 0) is 7.05 Å². The van der Waals surface area contributed by atoms with Crippen LogP contribution in [0.4, 0.5) is 6.01 Å². The van der Waals surface area contributed by atoms with E-state index in [1.54, 1.807) is 0 Å². The third kappa shape index (κ3) is 1.78. The van der Waals surface area contributed by atoms with Gasteiger partial charge >= 0.3 is 0 Å². The summed E-state index contributed by atoms with van der Waals surface area (Å²) in [7, 11) is 1.95.